The van der Waals surface area contributed by atoms with Crippen LogP contribution >= 0.6 is 0 Å². The molecule has 3 nitrogen and oxygen atoms in total. The minimum Gasteiger partial charge on any atom is -0.321 e. The second kappa shape index (κ2) is 6.16. The van der Waals surface area contributed by atoms with Crippen LogP contribution in [0, 0.1) is 5.82 Å². The summed E-state index contributed by atoms with van der Waals surface area (Å²) in [6, 6.07) is 4.88. The molecular formula is C11H16FN3. The van der Waals surface area contributed by atoms with E-state index >= 15 is 0 Å². The maximum Gasteiger partial charge on any atom is 0.148 e. The normalized spacial score (nSPS) is 10.9. The molecule has 0 aliphatic rings. The lowest BCUT2D eigenvalue weighted by atomic mass is 10.1. The maximum absolute atomic E-state index is 13.2. The molecule has 0 spiro atoms. The Morgan fingerprint density at radius 1 is 1.47 bits per heavy atom. The molecule has 1 rings (SSSR count). The van der Waals surface area contributed by atoms with Gasteiger partial charge in [0.15, 0.2) is 0 Å². The lowest BCUT2D eigenvalue weighted by molar-refractivity contribution is 0.630. The number of rotatable bonds is 5. The summed E-state index contributed by atoms with van der Waals surface area (Å²) >= 11 is 0. The minimum atomic E-state index is -0.340. The number of nitrogens with two attached hydrogens (primary N) is 1. The Bertz CT molecular complexity index is 337. The van der Waals surface area contributed by atoms with Gasteiger partial charge in [0.2, 0.25) is 0 Å². The number of hydrogen-bond acceptors (Lipinski definition) is 3. The van der Waals surface area contributed by atoms with Crippen molar-refractivity contribution < 1.29 is 4.39 Å². The van der Waals surface area contributed by atoms with Crippen LogP contribution in [0.3, 0.4) is 0 Å². The molecule has 0 bridgehead atoms. The van der Waals surface area contributed by atoms with Gasteiger partial charge >= 0.3 is 0 Å². The van der Waals surface area contributed by atoms with E-state index in [0.29, 0.717) is 5.69 Å². The molecule has 0 amide bonds. The van der Waals surface area contributed by atoms with Gasteiger partial charge in [0.05, 0.1) is 5.69 Å². The fourth-order valence-electron chi connectivity index (χ4n) is 1.20. The van der Waals surface area contributed by atoms with E-state index in [4.69, 9.17) is 5.84 Å². The van der Waals surface area contributed by atoms with Gasteiger partial charge in [-0.2, -0.15) is 0 Å². The summed E-state index contributed by atoms with van der Waals surface area (Å²) in [6.45, 7) is 0.918. The fraction of sp³-hybridized carbons (Fsp3) is 0.273. The van der Waals surface area contributed by atoms with Crippen LogP contribution in [0.25, 0.3) is 6.08 Å². The van der Waals surface area contributed by atoms with Crippen LogP contribution in [-0.2, 0) is 0 Å². The van der Waals surface area contributed by atoms with E-state index in [1.54, 1.807) is 6.07 Å². The monoisotopic (exact) mass is 209 g/mol. The second-order valence-electron chi connectivity index (χ2n) is 3.18. The molecule has 82 valence electrons. The van der Waals surface area contributed by atoms with Crippen LogP contribution in [0.15, 0.2) is 24.3 Å². The Morgan fingerprint density at radius 2 is 2.27 bits per heavy atom. The van der Waals surface area contributed by atoms with Crippen LogP contribution in [0.4, 0.5) is 10.1 Å². The summed E-state index contributed by atoms with van der Waals surface area (Å²) in [6.07, 6.45) is 4.82. The van der Waals surface area contributed by atoms with E-state index in [1.807, 2.05) is 25.3 Å². The first-order valence-corrected chi connectivity index (χ1v) is 4.85. The molecule has 0 unspecified atom stereocenters. The van der Waals surface area contributed by atoms with E-state index < -0.39 is 0 Å². The molecule has 1 aromatic carbocycles. The summed E-state index contributed by atoms with van der Waals surface area (Å²) in [7, 11) is 1.90. The van der Waals surface area contributed by atoms with Crippen molar-refractivity contribution in [1.82, 2.24) is 5.32 Å². The first kappa shape index (κ1) is 11.7. The van der Waals surface area contributed by atoms with Gasteiger partial charge in [-0.1, -0.05) is 18.2 Å². The molecule has 0 aliphatic carbocycles. The third kappa shape index (κ3) is 3.69. The molecule has 0 heterocycles. The predicted molar refractivity (Wildman–Crippen MR) is 61.8 cm³/mol. The van der Waals surface area contributed by atoms with Crippen LogP contribution in [-0.4, -0.2) is 13.6 Å². The van der Waals surface area contributed by atoms with Gasteiger partial charge in [0.1, 0.15) is 5.82 Å². The Hall–Kier alpha value is -1.39. The Labute approximate surface area is 89.1 Å². The summed E-state index contributed by atoms with van der Waals surface area (Å²) in [5.74, 6) is 4.78. The number of hydrazine groups is 1. The number of nitrogen functional groups attached to an aromatic ring is 1. The highest BCUT2D eigenvalue weighted by Gasteiger charge is 1.99. The zero-order valence-electron chi connectivity index (χ0n) is 8.76. The number of anilines is 1. The van der Waals surface area contributed by atoms with E-state index in [0.717, 1.165) is 18.5 Å². The fourth-order valence-corrected chi connectivity index (χ4v) is 1.20. The largest absolute Gasteiger partial charge is 0.321 e. The van der Waals surface area contributed by atoms with Crippen molar-refractivity contribution >= 4 is 11.8 Å². The first-order chi connectivity index (χ1) is 7.27. The third-order valence-corrected chi connectivity index (χ3v) is 2.02. The number of halogens is 1. The Morgan fingerprint density at radius 3 is 2.87 bits per heavy atom. The van der Waals surface area contributed by atoms with Crippen molar-refractivity contribution in [3.63, 3.8) is 0 Å². The van der Waals surface area contributed by atoms with Gasteiger partial charge in [-0.25, -0.2) is 4.39 Å². The lowest BCUT2D eigenvalue weighted by Crippen LogP contribution is -2.08. The molecule has 0 atom stereocenters. The SMILES string of the molecule is CNCCC=Cc1ccc(NN)c(F)c1. The molecule has 4 heteroatoms. The van der Waals surface area contributed by atoms with Gasteiger partial charge in [-0.3, -0.25) is 5.84 Å². The summed E-state index contributed by atoms with van der Waals surface area (Å²) < 4.78 is 13.2. The molecule has 0 aromatic heterocycles. The van der Waals surface area contributed by atoms with Crippen molar-refractivity contribution in [2.24, 2.45) is 5.84 Å². The van der Waals surface area contributed by atoms with E-state index in [1.165, 1.54) is 6.07 Å². The number of nitrogens with one attached hydrogen (secondary N) is 2. The highest BCUT2D eigenvalue weighted by atomic mass is 19.1. The van der Waals surface area contributed by atoms with Crippen molar-refractivity contribution in [1.29, 1.82) is 0 Å². The van der Waals surface area contributed by atoms with Gasteiger partial charge in [0.25, 0.3) is 0 Å². The van der Waals surface area contributed by atoms with Crippen LogP contribution in [0.1, 0.15) is 12.0 Å². The van der Waals surface area contributed by atoms with Crippen LogP contribution in [0.5, 0.6) is 0 Å². The molecule has 15 heavy (non-hydrogen) atoms. The predicted octanol–water partition coefficient (Wildman–Crippen LogP) is 1.73. The molecule has 0 saturated heterocycles. The average Bonchev–Trinajstić information content (AvgIpc) is 2.25. The summed E-state index contributed by atoms with van der Waals surface area (Å²) in [5, 5.41) is 3.03. The quantitative estimate of drug-likeness (QED) is 0.393. The molecule has 0 radical (unpaired) electrons. The standard InChI is InChI=1S/C11H16FN3/c1-14-7-3-2-4-9-5-6-11(15-13)10(12)8-9/h2,4-6,8,14-15H,3,7,13H2,1H3. The maximum atomic E-state index is 13.2. The number of benzene rings is 1. The van der Waals surface area contributed by atoms with Crippen LogP contribution in [0.2, 0.25) is 0 Å². The zero-order chi connectivity index (χ0) is 11.1. The zero-order valence-corrected chi connectivity index (χ0v) is 8.76. The summed E-state index contributed by atoms with van der Waals surface area (Å²) in [4.78, 5) is 0. The van der Waals surface area contributed by atoms with Crippen LogP contribution < -0.4 is 16.6 Å². The van der Waals surface area contributed by atoms with E-state index in [2.05, 4.69) is 10.7 Å². The van der Waals surface area contributed by atoms with Gasteiger partial charge < -0.3 is 10.7 Å². The first-order valence-electron chi connectivity index (χ1n) is 4.85. The van der Waals surface area contributed by atoms with E-state index in [-0.39, 0.29) is 5.82 Å². The lowest BCUT2D eigenvalue weighted by Gasteiger charge is -2.02. The topological polar surface area (TPSA) is 50.1 Å². The molecule has 0 aliphatic heterocycles. The van der Waals surface area contributed by atoms with Gasteiger partial charge in [-0.15, -0.1) is 0 Å². The molecule has 4 N–H and O–H groups in total. The van der Waals surface area contributed by atoms with Crippen molar-refractivity contribution in [2.75, 3.05) is 19.0 Å². The Balaban J connectivity index is 2.63. The highest BCUT2D eigenvalue weighted by Crippen LogP contribution is 2.15. The average molecular weight is 209 g/mol. The van der Waals surface area contributed by atoms with Crippen molar-refractivity contribution in [3.05, 3.63) is 35.7 Å². The van der Waals surface area contributed by atoms with E-state index in [9.17, 15) is 4.39 Å². The van der Waals surface area contributed by atoms with Crippen molar-refractivity contribution in [2.45, 2.75) is 6.42 Å². The molecule has 1 aromatic rings. The third-order valence-electron chi connectivity index (χ3n) is 2.02. The second-order valence-corrected chi connectivity index (χ2v) is 3.18. The Kier molecular flexibility index (Phi) is 4.80. The number of hydrogen-bond donors (Lipinski definition) is 3. The summed E-state index contributed by atoms with van der Waals surface area (Å²) in [5.41, 5.74) is 3.43. The molecule has 0 saturated carbocycles. The van der Waals surface area contributed by atoms with Gasteiger partial charge in [-0.05, 0) is 37.7 Å². The minimum absolute atomic E-state index is 0.308. The highest BCUT2D eigenvalue weighted by molar-refractivity contribution is 5.55. The molecular weight excluding hydrogens is 193 g/mol. The smallest absolute Gasteiger partial charge is 0.148 e. The van der Waals surface area contributed by atoms with Crippen molar-refractivity contribution in [3.8, 4) is 0 Å². The molecule has 0 fully saturated rings. The van der Waals surface area contributed by atoms with Gasteiger partial charge in [0, 0.05) is 0 Å².